The third kappa shape index (κ3) is 1.60. The Hall–Kier alpha value is -3.26. The number of nitrogens with zero attached hydrogens (tertiary/aromatic N) is 7. The lowest BCUT2D eigenvalue weighted by molar-refractivity contribution is 0.0698. The van der Waals surface area contributed by atoms with Gasteiger partial charge in [0.05, 0.1) is 11.2 Å². The Bertz CT molecular complexity index is 913. The number of tetrazole rings is 1. The lowest BCUT2D eigenvalue weighted by Crippen LogP contribution is -2.03. The standard InChI is InChI=1S/C10H4FN7O2/c11-6-2-4-1-5(10(19)20)9-14-16-17-18(9)8(4)3-7(6)13-15-12/h1-3H,(H,19,20). The fraction of sp³-hybridized carbons (Fsp3) is 0. The Morgan fingerprint density at radius 2 is 2.25 bits per heavy atom. The zero-order chi connectivity index (χ0) is 14.3. The molecule has 2 aromatic heterocycles. The highest BCUT2D eigenvalue weighted by atomic mass is 19.1. The number of halogens is 1. The molecule has 3 aromatic rings. The van der Waals surface area contributed by atoms with Gasteiger partial charge in [0.2, 0.25) is 0 Å². The first-order chi connectivity index (χ1) is 9.61. The van der Waals surface area contributed by atoms with E-state index in [4.69, 9.17) is 10.6 Å². The van der Waals surface area contributed by atoms with Crippen LogP contribution in [0.2, 0.25) is 0 Å². The molecule has 0 fully saturated rings. The van der Waals surface area contributed by atoms with Gasteiger partial charge in [-0.1, -0.05) is 5.11 Å². The summed E-state index contributed by atoms with van der Waals surface area (Å²) >= 11 is 0. The molecule has 0 radical (unpaired) electrons. The van der Waals surface area contributed by atoms with Crippen LogP contribution < -0.4 is 0 Å². The van der Waals surface area contributed by atoms with Crippen LogP contribution in [-0.4, -0.2) is 31.1 Å². The van der Waals surface area contributed by atoms with Crippen molar-refractivity contribution in [3.05, 3.63) is 40.0 Å². The van der Waals surface area contributed by atoms with E-state index in [1.807, 2.05) is 0 Å². The van der Waals surface area contributed by atoms with Crippen LogP contribution >= 0.6 is 0 Å². The number of azide groups is 1. The van der Waals surface area contributed by atoms with Gasteiger partial charge in [0.1, 0.15) is 11.4 Å². The van der Waals surface area contributed by atoms with Crippen molar-refractivity contribution in [1.29, 1.82) is 0 Å². The van der Waals surface area contributed by atoms with Gasteiger partial charge in [0.25, 0.3) is 0 Å². The van der Waals surface area contributed by atoms with Crippen LogP contribution in [0.15, 0.2) is 23.3 Å². The summed E-state index contributed by atoms with van der Waals surface area (Å²) in [4.78, 5) is 13.7. The molecule has 0 aliphatic rings. The Labute approximate surface area is 108 Å². The smallest absolute Gasteiger partial charge is 0.339 e. The third-order valence-electron chi connectivity index (χ3n) is 2.72. The number of carboxylic acids is 1. The van der Waals surface area contributed by atoms with E-state index in [-0.39, 0.29) is 22.3 Å². The van der Waals surface area contributed by atoms with Crippen LogP contribution in [0.3, 0.4) is 0 Å². The fourth-order valence-electron chi connectivity index (χ4n) is 1.88. The molecule has 0 bridgehead atoms. The summed E-state index contributed by atoms with van der Waals surface area (Å²) in [7, 11) is 0. The number of carbonyl (C=O) groups is 1. The molecule has 20 heavy (non-hydrogen) atoms. The van der Waals surface area contributed by atoms with E-state index in [0.717, 1.165) is 10.6 Å². The molecule has 0 unspecified atom stereocenters. The van der Waals surface area contributed by atoms with E-state index >= 15 is 0 Å². The van der Waals surface area contributed by atoms with E-state index in [9.17, 15) is 9.18 Å². The van der Waals surface area contributed by atoms with Crippen LogP contribution in [-0.2, 0) is 0 Å². The largest absolute Gasteiger partial charge is 0.478 e. The van der Waals surface area contributed by atoms with Gasteiger partial charge >= 0.3 is 5.97 Å². The number of rotatable bonds is 2. The van der Waals surface area contributed by atoms with Crippen molar-refractivity contribution in [2.75, 3.05) is 0 Å². The van der Waals surface area contributed by atoms with Gasteiger partial charge in [-0.05, 0) is 34.2 Å². The second kappa shape index (κ2) is 4.14. The molecule has 2 heterocycles. The molecule has 0 spiro atoms. The molecule has 0 saturated heterocycles. The monoisotopic (exact) mass is 273 g/mol. The van der Waals surface area contributed by atoms with Crippen molar-refractivity contribution in [3.8, 4) is 0 Å². The average molecular weight is 273 g/mol. The summed E-state index contributed by atoms with van der Waals surface area (Å²) in [6.45, 7) is 0. The predicted octanol–water partition coefficient (Wildman–Crippen LogP) is 2.06. The number of benzene rings is 1. The molecule has 0 atom stereocenters. The van der Waals surface area contributed by atoms with Crippen molar-refractivity contribution >= 4 is 28.2 Å². The van der Waals surface area contributed by atoms with Crippen LogP contribution in [0.5, 0.6) is 0 Å². The lowest BCUT2D eigenvalue weighted by atomic mass is 10.1. The molecule has 0 amide bonds. The summed E-state index contributed by atoms with van der Waals surface area (Å²) in [6, 6.07) is 3.57. The third-order valence-corrected chi connectivity index (χ3v) is 2.72. The molecule has 9 nitrogen and oxygen atoms in total. The molecule has 3 rings (SSSR count). The molecule has 0 aliphatic carbocycles. The summed E-state index contributed by atoms with van der Waals surface area (Å²) < 4.78 is 14.8. The van der Waals surface area contributed by atoms with Crippen LogP contribution in [0.25, 0.3) is 27.0 Å². The van der Waals surface area contributed by atoms with E-state index in [1.54, 1.807) is 0 Å². The molecule has 10 heteroatoms. The first kappa shape index (κ1) is 11.8. The molecule has 0 saturated carbocycles. The summed E-state index contributed by atoms with van der Waals surface area (Å²) in [5, 5.41) is 23.2. The maximum absolute atomic E-state index is 13.7. The normalized spacial score (nSPS) is 10.7. The number of hydrogen-bond donors (Lipinski definition) is 1. The minimum Gasteiger partial charge on any atom is -0.478 e. The highest BCUT2D eigenvalue weighted by Crippen LogP contribution is 2.27. The minimum absolute atomic E-state index is 0.0171. The Balaban J connectivity index is 2.50. The van der Waals surface area contributed by atoms with Gasteiger partial charge in [-0.25, -0.2) is 9.18 Å². The number of fused-ring (bicyclic) bond motifs is 3. The maximum Gasteiger partial charge on any atom is 0.339 e. The number of carboxylic acid groups (broad SMARTS) is 1. The summed E-state index contributed by atoms with van der Waals surface area (Å²) in [5.41, 5.74) is 8.35. The second-order valence-electron chi connectivity index (χ2n) is 3.83. The Kier molecular flexibility index (Phi) is 2.44. The van der Waals surface area contributed by atoms with Gasteiger partial charge in [-0.15, -0.1) is 5.10 Å². The van der Waals surface area contributed by atoms with Crippen molar-refractivity contribution in [2.45, 2.75) is 0 Å². The topological polar surface area (TPSA) is 129 Å². The lowest BCUT2D eigenvalue weighted by Gasteiger charge is -2.04. The molecular formula is C10H4FN7O2. The number of aromatic carboxylic acids is 1. The molecule has 0 aliphatic heterocycles. The summed E-state index contributed by atoms with van der Waals surface area (Å²) in [5.74, 6) is -2.00. The Morgan fingerprint density at radius 3 is 2.95 bits per heavy atom. The molecular weight excluding hydrogens is 269 g/mol. The van der Waals surface area contributed by atoms with E-state index < -0.39 is 11.8 Å². The van der Waals surface area contributed by atoms with Crippen molar-refractivity contribution in [2.24, 2.45) is 5.11 Å². The van der Waals surface area contributed by atoms with E-state index in [2.05, 4.69) is 25.6 Å². The van der Waals surface area contributed by atoms with Crippen molar-refractivity contribution in [3.63, 3.8) is 0 Å². The quantitative estimate of drug-likeness (QED) is 0.434. The number of pyridine rings is 1. The van der Waals surface area contributed by atoms with Crippen LogP contribution in [0.4, 0.5) is 10.1 Å². The molecule has 1 aromatic carbocycles. The van der Waals surface area contributed by atoms with Crippen molar-refractivity contribution in [1.82, 2.24) is 20.0 Å². The van der Waals surface area contributed by atoms with Crippen LogP contribution in [0.1, 0.15) is 10.4 Å². The predicted molar refractivity (Wildman–Crippen MR) is 64.0 cm³/mol. The van der Waals surface area contributed by atoms with Crippen molar-refractivity contribution < 1.29 is 14.3 Å². The van der Waals surface area contributed by atoms with Gasteiger partial charge in [-0.2, -0.15) is 4.52 Å². The summed E-state index contributed by atoms with van der Waals surface area (Å²) in [6.07, 6.45) is 0. The van der Waals surface area contributed by atoms with Gasteiger partial charge < -0.3 is 5.11 Å². The maximum atomic E-state index is 13.7. The number of hydrogen-bond acceptors (Lipinski definition) is 5. The first-order valence-corrected chi connectivity index (χ1v) is 5.24. The van der Waals surface area contributed by atoms with Gasteiger partial charge in [-0.3, -0.25) is 0 Å². The fourth-order valence-corrected chi connectivity index (χ4v) is 1.88. The van der Waals surface area contributed by atoms with E-state index in [0.29, 0.717) is 5.52 Å². The SMILES string of the molecule is [N-]=[N+]=Nc1cc2c(cc1F)cc(C(=O)O)c1nnnn12. The number of aromatic nitrogens is 4. The molecule has 98 valence electrons. The first-order valence-electron chi connectivity index (χ1n) is 5.24. The van der Waals surface area contributed by atoms with Gasteiger partial charge in [0.15, 0.2) is 5.65 Å². The molecule has 1 N–H and O–H groups in total. The Morgan fingerprint density at radius 1 is 1.45 bits per heavy atom. The van der Waals surface area contributed by atoms with Crippen LogP contribution in [0, 0.1) is 5.82 Å². The zero-order valence-electron chi connectivity index (χ0n) is 9.60. The van der Waals surface area contributed by atoms with E-state index in [1.165, 1.54) is 12.1 Å². The van der Waals surface area contributed by atoms with Gasteiger partial charge in [0, 0.05) is 10.3 Å². The highest BCUT2D eigenvalue weighted by Gasteiger charge is 2.16. The zero-order valence-corrected chi connectivity index (χ0v) is 9.60. The highest BCUT2D eigenvalue weighted by molar-refractivity contribution is 5.99. The minimum atomic E-state index is -1.23. The second-order valence-corrected chi connectivity index (χ2v) is 3.83. The average Bonchev–Trinajstić information content (AvgIpc) is 2.88.